The van der Waals surface area contributed by atoms with Crippen LogP contribution < -0.4 is 10.1 Å². The zero-order valence-corrected chi connectivity index (χ0v) is 20.2. The van der Waals surface area contributed by atoms with Crippen LogP contribution in [0.25, 0.3) is 0 Å². The van der Waals surface area contributed by atoms with Gasteiger partial charge >= 0.3 is 5.97 Å². The number of halogens is 1. The highest BCUT2D eigenvalue weighted by atomic mass is 35.5. The van der Waals surface area contributed by atoms with E-state index in [2.05, 4.69) is 5.32 Å². The molecule has 0 fully saturated rings. The SMILES string of the molecule is CCc1nn(C[C@@H](C)COC(=O)c2cccc(OC)c2Cl)c2c1C(=O)NCCCOCCC2. The number of benzene rings is 1. The molecule has 33 heavy (non-hydrogen) atoms. The highest BCUT2D eigenvalue weighted by Crippen LogP contribution is 2.28. The van der Waals surface area contributed by atoms with Crippen molar-refractivity contribution in [1.82, 2.24) is 15.1 Å². The average Bonchev–Trinajstić information content (AvgIpc) is 3.14. The molecule has 0 spiro atoms. The largest absolute Gasteiger partial charge is 0.495 e. The molecule has 0 aliphatic carbocycles. The van der Waals surface area contributed by atoms with Crippen LogP contribution in [0.1, 0.15) is 58.8 Å². The first kappa shape index (κ1) is 25.1. The number of rotatable bonds is 7. The maximum absolute atomic E-state index is 12.9. The first-order chi connectivity index (χ1) is 16.0. The van der Waals surface area contributed by atoms with E-state index in [0.29, 0.717) is 50.5 Å². The summed E-state index contributed by atoms with van der Waals surface area (Å²) in [5.74, 6) is -0.186. The average molecular weight is 478 g/mol. The summed E-state index contributed by atoms with van der Waals surface area (Å²) in [4.78, 5) is 25.4. The molecule has 2 aromatic rings. The fourth-order valence-electron chi connectivity index (χ4n) is 3.84. The third-order valence-corrected chi connectivity index (χ3v) is 5.92. The fraction of sp³-hybridized carbons (Fsp3) is 0.542. The number of carbonyl (C=O) groups is 2. The van der Waals surface area contributed by atoms with Crippen molar-refractivity contribution in [2.24, 2.45) is 5.92 Å². The normalized spacial score (nSPS) is 15.7. The summed E-state index contributed by atoms with van der Waals surface area (Å²) in [5.41, 5.74) is 2.63. The number of carbonyl (C=O) groups excluding carboxylic acids is 2. The van der Waals surface area contributed by atoms with E-state index in [1.165, 1.54) is 7.11 Å². The van der Waals surface area contributed by atoms with Gasteiger partial charge in [0.15, 0.2) is 0 Å². The lowest BCUT2D eigenvalue weighted by Gasteiger charge is -2.16. The number of ether oxygens (including phenoxy) is 3. The van der Waals surface area contributed by atoms with E-state index < -0.39 is 5.97 Å². The first-order valence-electron chi connectivity index (χ1n) is 11.4. The van der Waals surface area contributed by atoms with Gasteiger partial charge in [-0.2, -0.15) is 5.10 Å². The van der Waals surface area contributed by atoms with Crippen molar-refractivity contribution < 1.29 is 23.8 Å². The number of aryl methyl sites for hydroxylation is 1. The number of nitrogens with one attached hydrogen (secondary N) is 1. The summed E-state index contributed by atoms with van der Waals surface area (Å²) in [6.45, 7) is 6.56. The summed E-state index contributed by atoms with van der Waals surface area (Å²) in [6.07, 6.45) is 2.96. The standard InChI is InChI=1S/C24H32ClN3O5/c1-4-18-21-19(9-6-12-32-13-7-11-26-23(21)29)28(27-18)14-16(2)15-33-24(30)17-8-5-10-20(31-3)22(17)25/h5,8,10,16H,4,6-7,9,11-15H2,1-3H3,(H,26,29)/t16-/m1/s1. The van der Waals surface area contributed by atoms with E-state index in [0.717, 1.165) is 24.2 Å². The molecule has 0 unspecified atom stereocenters. The zero-order valence-electron chi connectivity index (χ0n) is 19.5. The summed E-state index contributed by atoms with van der Waals surface area (Å²) >= 11 is 6.24. The summed E-state index contributed by atoms with van der Waals surface area (Å²) in [5, 5.41) is 7.95. The number of aromatic nitrogens is 2. The lowest BCUT2D eigenvalue weighted by atomic mass is 10.1. The summed E-state index contributed by atoms with van der Waals surface area (Å²) in [6, 6.07) is 4.99. The Balaban J connectivity index is 1.72. The molecule has 0 saturated carbocycles. The van der Waals surface area contributed by atoms with Crippen molar-refractivity contribution in [1.29, 1.82) is 0 Å². The maximum atomic E-state index is 12.9. The van der Waals surface area contributed by atoms with Gasteiger partial charge in [-0.25, -0.2) is 4.79 Å². The van der Waals surface area contributed by atoms with E-state index in [9.17, 15) is 9.59 Å². The topological polar surface area (TPSA) is 91.7 Å². The second kappa shape index (κ2) is 12.0. The van der Waals surface area contributed by atoms with Crippen LogP contribution in [-0.2, 0) is 28.9 Å². The predicted octanol–water partition coefficient (Wildman–Crippen LogP) is 3.68. The van der Waals surface area contributed by atoms with Gasteiger partial charge in [0.1, 0.15) is 5.75 Å². The Hall–Kier alpha value is -2.58. The Morgan fingerprint density at radius 1 is 1.33 bits per heavy atom. The smallest absolute Gasteiger partial charge is 0.339 e. The molecule has 1 aromatic carbocycles. The zero-order chi connectivity index (χ0) is 23.8. The molecule has 180 valence electrons. The second-order valence-electron chi connectivity index (χ2n) is 8.15. The van der Waals surface area contributed by atoms with E-state index in [-0.39, 0.29) is 29.0 Å². The number of amides is 1. The first-order valence-corrected chi connectivity index (χ1v) is 11.8. The van der Waals surface area contributed by atoms with Gasteiger partial charge in [-0.05, 0) is 37.8 Å². The molecular weight excluding hydrogens is 446 g/mol. The molecule has 1 atom stereocenters. The third-order valence-electron chi connectivity index (χ3n) is 5.53. The van der Waals surface area contributed by atoms with E-state index >= 15 is 0 Å². The molecule has 0 radical (unpaired) electrons. The fourth-order valence-corrected chi connectivity index (χ4v) is 4.12. The Kier molecular flexibility index (Phi) is 9.14. The van der Waals surface area contributed by atoms with Crippen LogP contribution in [0.4, 0.5) is 0 Å². The molecule has 1 N–H and O–H groups in total. The minimum atomic E-state index is -0.503. The minimum absolute atomic E-state index is 0.0236. The minimum Gasteiger partial charge on any atom is -0.495 e. The van der Waals surface area contributed by atoms with E-state index in [1.807, 2.05) is 18.5 Å². The van der Waals surface area contributed by atoms with Crippen molar-refractivity contribution in [3.05, 3.63) is 45.7 Å². The molecule has 1 aromatic heterocycles. The molecule has 1 aliphatic heterocycles. The number of hydrogen-bond acceptors (Lipinski definition) is 6. The van der Waals surface area contributed by atoms with Gasteiger partial charge in [0, 0.05) is 32.2 Å². The molecule has 2 heterocycles. The molecular formula is C24H32ClN3O5. The lowest BCUT2D eigenvalue weighted by molar-refractivity contribution is 0.0435. The van der Waals surface area contributed by atoms with Crippen molar-refractivity contribution in [2.45, 2.75) is 46.1 Å². The number of esters is 1. The lowest BCUT2D eigenvalue weighted by Crippen LogP contribution is -2.27. The quantitative estimate of drug-likeness (QED) is 0.611. The molecule has 0 saturated heterocycles. The van der Waals surface area contributed by atoms with Crippen LogP contribution in [0.2, 0.25) is 5.02 Å². The Bertz CT molecular complexity index is 975. The van der Waals surface area contributed by atoms with Gasteiger partial charge in [0.2, 0.25) is 0 Å². The highest BCUT2D eigenvalue weighted by Gasteiger charge is 2.24. The van der Waals surface area contributed by atoms with E-state index in [4.69, 9.17) is 30.9 Å². The molecule has 0 bridgehead atoms. The van der Waals surface area contributed by atoms with Crippen molar-refractivity contribution in [3.8, 4) is 5.75 Å². The molecule has 9 heteroatoms. The van der Waals surface area contributed by atoms with Gasteiger partial charge in [0.05, 0.1) is 41.3 Å². The van der Waals surface area contributed by atoms with Crippen LogP contribution >= 0.6 is 11.6 Å². The predicted molar refractivity (Wildman–Crippen MR) is 125 cm³/mol. The van der Waals surface area contributed by atoms with Gasteiger partial charge in [0.25, 0.3) is 5.91 Å². The van der Waals surface area contributed by atoms with Crippen LogP contribution in [0.5, 0.6) is 5.75 Å². The Morgan fingerprint density at radius 2 is 2.12 bits per heavy atom. The third kappa shape index (κ3) is 6.26. The van der Waals surface area contributed by atoms with Gasteiger partial charge in [-0.1, -0.05) is 31.5 Å². The Morgan fingerprint density at radius 3 is 2.88 bits per heavy atom. The van der Waals surface area contributed by atoms with E-state index in [1.54, 1.807) is 18.2 Å². The van der Waals surface area contributed by atoms with Crippen LogP contribution in [0, 0.1) is 5.92 Å². The monoisotopic (exact) mass is 477 g/mol. The van der Waals surface area contributed by atoms with Crippen LogP contribution in [0.3, 0.4) is 0 Å². The van der Waals surface area contributed by atoms with Gasteiger partial charge < -0.3 is 19.5 Å². The molecule has 1 amide bonds. The maximum Gasteiger partial charge on any atom is 0.339 e. The summed E-state index contributed by atoms with van der Waals surface area (Å²) < 4.78 is 18.2. The number of fused-ring (bicyclic) bond motifs is 1. The highest BCUT2D eigenvalue weighted by molar-refractivity contribution is 6.35. The van der Waals surface area contributed by atoms with Crippen molar-refractivity contribution in [2.75, 3.05) is 33.5 Å². The number of hydrogen-bond donors (Lipinski definition) is 1. The van der Waals surface area contributed by atoms with Gasteiger partial charge in [-0.3, -0.25) is 9.48 Å². The van der Waals surface area contributed by atoms with Crippen LogP contribution in [-0.4, -0.2) is 55.1 Å². The summed E-state index contributed by atoms with van der Waals surface area (Å²) in [7, 11) is 1.50. The number of methoxy groups -OCH3 is 1. The number of nitrogens with zero attached hydrogens (tertiary/aromatic N) is 2. The van der Waals surface area contributed by atoms with Crippen LogP contribution in [0.15, 0.2) is 18.2 Å². The van der Waals surface area contributed by atoms with Gasteiger partial charge in [-0.15, -0.1) is 0 Å². The van der Waals surface area contributed by atoms with Crippen molar-refractivity contribution >= 4 is 23.5 Å². The van der Waals surface area contributed by atoms with Crippen molar-refractivity contribution in [3.63, 3.8) is 0 Å². The molecule has 1 aliphatic rings. The second-order valence-corrected chi connectivity index (χ2v) is 8.53. The molecule has 3 rings (SSSR count). The molecule has 8 nitrogen and oxygen atoms in total. The Labute approximate surface area is 199 Å².